The van der Waals surface area contributed by atoms with Crippen molar-refractivity contribution < 1.29 is 9.27 Å². The zero-order valence-corrected chi connectivity index (χ0v) is 3.06. The Kier molecular flexibility index (Phi) is 0.602. The first kappa shape index (κ1) is 3.33. The van der Waals surface area contributed by atoms with Gasteiger partial charge in [-0.3, -0.25) is 0 Å². The van der Waals surface area contributed by atoms with Gasteiger partial charge in [0.15, 0.2) is 6.20 Å². The number of aromatic nitrogens is 2. The Balaban J connectivity index is 3.05. The van der Waals surface area contributed by atoms with Gasteiger partial charge in [-0.1, -0.05) is 0 Å². The van der Waals surface area contributed by atoms with Crippen LogP contribution in [0.2, 0.25) is 0 Å². The van der Waals surface area contributed by atoms with E-state index in [0.29, 0.717) is 4.79 Å². The third kappa shape index (κ3) is 0.381. The van der Waals surface area contributed by atoms with Crippen LogP contribution in [0.5, 0.6) is 0 Å². The summed E-state index contributed by atoms with van der Waals surface area (Å²) in [6.07, 6.45) is 3.99. The fourth-order valence-corrected chi connectivity index (χ4v) is 0.272. The molecule has 1 rings (SSSR count). The van der Waals surface area contributed by atoms with Crippen LogP contribution in [0, 0.1) is 0 Å². The van der Waals surface area contributed by atoms with Crippen LogP contribution in [-0.2, 0) is 0 Å². The second-order valence-corrected chi connectivity index (χ2v) is 0.956. The first-order chi connectivity index (χ1) is 2.89. The van der Waals surface area contributed by atoms with Gasteiger partial charge < -0.3 is 0 Å². The van der Waals surface area contributed by atoms with Gasteiger partial charge in [0.25, 0.3) is 6.33 Å². The van der Waals surface area contributed by atoms with Crippen molar-refractivity contribution in [3.8, 4) is 0 Å². The molecule has 0 fully saturated rings. The highest BCUT2D eigenvalue weighted by atomic mass is 19.2. The minimum Gasteiger partial charge on any atom is -0.248 e. The molecular weight excluding hydrogens is 83.0 g/mol. The molecule has 0 radical (unpaired) electrons. The molecule has 0 spiro atoms. The summed E-state index contributed by atoms with van der Waals surface area (Å²) in [5.74, 6) is 0. The quantitative estimate of drug-likeness (QED) is 0.460. The number of H-pyrrole nitrogens is 1. The van der Waals surface area contributed by atoms with Gasteiger partial charge in [0.1, 0.15) is 6.20 Å². The van der Waals surface area contributed by atoms with Crippen molar-refractivity contribution in [3.05, 3.63) is 18.7 Å². The SMILES string of the molecule is F[n+]1cc[nH]c1. The normalized spacial score (nSPS) is 8.83. The second kappa shape index (κ2) is 1.08. The van der Waals surface area contributed by atoms with Crippen molar-refractivity contribution in [2.45, 2.75) is 0 Å². The average molecular weight is 87.1 g/mol. The summed E-state index contributed by atoms with van der Waals surface area (Å²) in [5, 5.41) is 0. The number of nitrogens with one attached hydrogen (secondary N) is 1. The molecule has 0 unspecified atom stereocenters. The number of imidazole rings is 1. The van der Waals surface area contributed by atoms with E-state index in [1.165, 1.54) is 18.7 Å². The standard InChI is InChI=1S/C3H3FN2/c4-6-2-1-5-3-6/h1-3H/p+1. The van der Waals surface area contributed by atoms with Crippen molar-refractivity contribution in [2.24, 2.45) is 0 Å². The van der Waals surface area contributed by atoms with Crippen LogP contribution < -0.4 is 4.79 Å². The van der Waals surface area contributed by atoms with E-state index < -0.39 is 0 Å². The number of hydrogen-bond acceptors (Lipinski definition) is 0. The van der Waals surface area contributed by atoms with Gasteiger partial charge >= 0.3 is 0 Å². The molecular formula is C3H4FN2+. The molecule has 0 bridgehead atoms. The van der Waals surface area contributed by atoms with Gasteiger partial charge in [0.05, 0.1) is 0 Å². The van der Waals surface area contributed by atoms with Crippen LogP contribution in [0.1, 0.15) is 0 Å². The monoisotopic (exact) mass is 87.0 g/mol. The summed E-state index contributed by atoms with van der Waals surface area (Å²) >= 11 is 0. The molecule has 1 N–H and O–H groups in total. The summed E-state index contributed by atoms with van der Waals surface area (Å²) in [5.41, 5.74) is 0. The third-order valence-electron chi connectivity index (χ3n) is 0.511. The number of nitrogens with zero attached hydrogens (tertiary/aromatic N) is 1. The molecule has 1 aromatic heterocycles. The van der Waals surface area contributed by atoms with Crippen LogP contribution in [0.4, 0.5) is 4.48 Å². The van der Waals surface area contributed by atoms with Crippen molar-refractivity contribution in [1.29, 1.82) is 0 Å². The molecule has 32 valence electrons. The average Bonchev–Trinajstić information content (AvgIpc) is 1.86. The Hall–Kier alpha value is -0.860. The fourth-order valence-electron chi connectivity index (χ4n) is 0.272. The van der Waals surface area contributed by atoms with Gasteiger partial charge in [-0.15, -0.1) is 0 Å². The number of aromatic amines is 1. The molecule has 0 aliphatic carbocycles. The lowest BCUT2D eigenvalue weighted by Gasteiger charge is -1.57. The molecule has 1 aromatic rings. The van der Waals surface area contributed by atoms with Gasteiger partial charge in [0.2, 0.25) is 0 Å². The Morgan fingerprint density at radius 3 is 2.67 bits per heavy atom. The molecule has 0 atom stereocenters. The smallest absolute Gasteiger partial charge is 0.248 e. The zero-order valence-electron chi connectivity index (χ0n) is 3.06. The molecule has 2 nitrogen and oxygen atoms in total. The van der Waals surface area contributed by atoms with E-state index in [9.17, 15) is 4.48 Å². The maximum absolute atomic E-state index is 11.6. The van der Waals surface area contributed by atoms with Crippen molar-refractivity contribution in [3.63, 3.8) is 0 Å². The van der Waals surface area contributed by atoms with Crippen LogP contribution in [0.15, 0.2) is 18.7 Å². The minimum atomic E-state index is 0.444. The Morgan fingerprint density at radius 1 is 1.67 bits per heavy atom. The molecule has 0 aliphatic heterocycles. The lowest BCUT2D eigenvalue weighted by Crippen LogP contribution is -2.15. The van der Waals surface area contributed by atoms with Crippen LogP contribution >= 0.6 is 0 Å². The van der Waals surface area contributed by atoms with E-state index in [0.717, 1.165) is 0 Å². The van der Waals surface area contributed by atoms with E-state index >= 15 is 0 Å². The molecule has 0 amide bonds. The molecule has 0 saturated carbocycles. The lowest BCUT2D eigenvalue weighted by molar-refractivity contribution is -0.842. The third-order valence-corrected chi connectivity index (χ3v) is 0.511. The van der Waals surface area contributed by atoms with E-state index in [1.807, 2.05) is 0 Å². The summed E-state index contributed by atoms with van der Waals surface area (Å²) in [6, 6.07) is 0. The summed E-state index contributed by atoms with van der Waals surface area (Å²) in [4.78, 5) is 2.96. The zero-order chi connectivity index (χ0) is 4.41. The summed E-state index contributed by atoms with van der Waals surface area (Å²) in [6.45, 7) is 0. The van der Waals surface area contributed by atoms with Gasteiger partial charge in [-0.2, -0.15) is 0 Å². The first-order valence-electron chi connectivity index (χ1n) is 1.60. The minimum absolute atomic E-state index is 0.444. The maximum atomic E-state index is 11.6. The predicted octanol–water partition coefficient (Wildman–Crippen LogP) is 0.0348. The van der Waals surface area contributed by atoms with Crippen molar-refractivity contribution in [1.82, 2.24) is 4.98 Å². The van der Waals surface area contributed by atoms with E-state index in [2.05, 4.69) is 4.98 Å². The Labute approximate surface area is 34.2 Å². The second-order valence-electron chi connectivity index (χ2n) is 0.956. The highest BCUT2D eigenvalue weighted by Gasteiger charge is 1.84. The predicted molar refractivity (Wildman–Crippen MR) is 17.5 cm³/mol. The van der Waals surface area contributed by atoms with E-state index in [1.54, 1.807) is 0 Å². The number of hydrogen-bond donors (Lipinski definition) is 1. The van der Waals surface area contributed by atoms with E-state index in [4.69, 9.17) is 0 Å². The van der Waals surface area contributed by atoms with Gasteiger partial charge in [0, 0.05) is 4.48 Å². The Bertz CT molecular complexity index is 112. The molecule has 3 heteroatoms. The largest absolute Gasteiger partial charge is 0.278 e. The van der Waals surface area contributed by atoms with Crippen molar-refractivity contribution in [2.75, 3.05) is 0 Å². The summed E-state index contributed by atoms with van der Waals surface area (Å²) in [7, 11) is 0. The number of rotatable bonds is 0. The molecule has 0 aromatic carbocycles. The highest BCUT2D eigenvalue weighted by Crippen LogP contribution is 1.63. The molecule has 0 saturated heterocycles. The summed E-state index contributed by atoms with van der Waals surface area (Å²) < 4.78 is 11.6. The lowest BCUT2D eigenvalue weighted by atomic mass is 11.0. The fraction of sp³-hybridized carbons (Fsp3) is 0. The molecule has 0 aliphatic rings. The maximum Gasteiger partial charge on any atom is 0.278 e. The topological polar surface area (TPSA) is 19.7 Å². The van der Waals surface area contributed by atoms with Crippen LogP contribution in [-0.4, -0.2) is 4.98 Å². The molecule has 6 heavy (non-hydrogen) atoms. The van der Waals surface area contributed by atoms with E-state index in [-0.39, 0.29) is 0 Å². The van der Waals surface area contributed by atoms with Crippen LogP contribution in [0.25, 0.3) is 0 Å². The van der Waals surface area contributed by atoms with Crippen LogP contribution in [0.3, 0.4) is 0 Å². The number of halogens is 1. The highest BCUT2D eigenvalue weighted by molar-refractivity contribution is 4.53. The Morgan fingerprint density at radius 2 is 2.50 bits per heavy atom. The molecule has 1 heterocycles. The van der Waals surface area contributed by atoms with Gasteiger partial charge in [-0.05, 0) is 4.79 Å². The van der Waals surface area contributed by atoms with Crippen molar-refractivity contribution >= 4 is 0 Å². The first-order valence-corrected chi connectivity index (χ1v) is 1.60. The van der Waals surface area contributed by atoms with Gasteiger partial charge in [-0.25, -0.2) is 4.98 Å².